The van der Waals surface area contributed by atoms with E-state index in [1.54, 1.807) is 0 Å². The largest absolute Gasteiger partial charge is 0.456 e. The molecule has 0 saturated heterocycles. The molecule has 0 atom stereocenters. The van der Waals surface area contributed by atoms with Crippen molar-refractivity contribution in [2.75, 3.05) is 9.80 Å². The van der Waals surface area contributed by atoms with E-state index in [4.69, 9.17) is 8.83 Å². The van der Waals surface area contributed by atoms with Crippen LogP contribution >= 0.6 is 0 Å². The molecule has 12 aromatic rings. The van der Waals surface area contributed by atoms with Crippen molar-refractivity contribution in [3.05, 3.63) is 206 Å². The fraction of sp³-hybridized carbons (Fsp3) is 0. The van der Waals surface area contributed by atoms with Crippen LogP contribution in [0.4, 0.5) is 34.1 Å². The van der Waals surface area contributed by atoms with Gasteiger partial charge in [0.15, 0.2) is 0 Å². The Kier molecular flexibility index (Phi) is 7.20. The number of anilines is 6. The van der Waals surface area contributed by atoms with E-state index in [0.29, 0.717) is 0 Å². The predicted molar refractivity (Wildman–Crippen MR) is 243 cm³/mol. The molecule has 0 amide bonds. The van der Waals surface area contributed by atoms with Crippen LogP contribution in [0.5, 0.6) is 0 Å². The maximum atomic E-state index is 6.34. The van der Waals surface area contributed by atoms with E-state index in [9.17, 15) is 0 Å². The molecule has 0 spiro atoms. The van der Waals surface area contributed by atoms with Gasteiger partial charge in [0.1, 0.15) is 22.3 Å². The van der Waals surface area contributed by atoms with Crippen molar-refractivity contribution < 1.29 is 8.83 Å². The van der Waals surface area contributed by atoms with Gasteiger partial charge < -0.3 is 18.6 Å². The minimum absolute atomic E-state index is 0.867. The Morgan fingerprint density at radius 1 is 0.259 bits per heavy atom. The molecule has 4 heteroatoms. The first-order chi connectivity index (χ1) is 28.7. The van der Waals surface area contributed by atoms with Gasteiger partial charge in [-0.3, -0.25) is 0 Å². The van der Waals surface area contributed by atoms with Crippen molar-refractivity contribution in [1.29, 1.82) is 0 Å². The summed E-state index contributed by atoms with van der Waals surface area (Å²) in [6.07, 6.45) is 0. The molecule has 0 N–H and O–H groups in total. The first-order valence-electron chi connectivity index (χ1n) is 19.7. The fourth-order valence-corrected chi connectivity index (χ4v) is 8.96. The van der Waals surface area contributed by atoms with Gasteiger partial charge in [0.2, 0.25) is 0 Å². The third-order valence-electron chi connectivity index (χ3n) is 11.6. The highest BCUT2D eigenvalue weighted by atomic mass is 16.3. The highest BCUT2D eigenvalue weighted by Crippen LogP contribution is 2.48. The van der Waals surface area contributed by atoms with Gasteiger partial charge in [-0.15, -0.1) is 0 Å². The van der Waals surface area contributed by atoms with Gasteiger partial charge in [-0.1, -0.05) is 121 Å². The van der Waals surface area contributed by atoms with Gasteiger partial charge in [0.05, 0.1) is 5.69 Å². The number of hydrogen-bond donors (Lipinski definition) is 0. The summed E-state index contributed by atoms with van der Waals surface area (Å²) in [5.74, 6) is 0. The van der Waals surface area contributed by atoms with Gasteiger partial charge in [0.25, 0.3) is 0 Å². The van der Waals surface area contributed by atoms with Gasteiger partial charge in [-0.25, -0.2) is 0 Å². The molecule has 0 bridgehead atoms. The Morgan fingerprint density at radius 3 is 1.41 bits per heavy atom. The number of hydrogen-bond acceptors (Lipinski definition) is 4. The highest BCUT2D eigenvalue weighted by molar-refractivity contribution is 6.22. The van der Waals surface area contributed by atoms with Crippen LogP contribution in [0.15, 0.2) is 215 Å². The molecule has 2 aromatic heterocycles. The topological polar surface area (TPSA) is 32.8 Å². The lowest BCUT2D eigenvalue weighted by molar-refractivity contribution is 0.668. The lowest BCUT2D eigenvalue weighted by atomic mass is 9.94. The summed E-state index contributed by atoms with van der Waals surface area (Å²) in [7, 11) is 0. The zero-order valence-corrected chi connectivity index (χ0v) is 31.3. The highest BCUT2D eigenvalue weighted by Gasteiger charge is 2.23. The van der Waals surface area contributed by atoms with E-state index in [1.165, 1.54) is 26.9 Å². The summed E-state index contributed by atoms with van der Waals surface area (Å²) in [4.78, 5) is 4.78. The number of furan rings is 2. The molecule has 4 nitrogen and oxygen atoms in total. The molecule has 0 aliphatic heterocycles. The number of benzene rings is 10. The first-order valence-corrected chi connectivity index (χ1v) is 19.7. The van der Waals surface area contributed by atoms with E-state index in [-0.39, 0.29) is 0 Å². The third-order valence-corrected chi connectivity index (χ3v) is 11.6. The molecule has 10 aromatic carbocycles. The van der Waals surface area contributed by atoms with Crippen molar-refractivity contribution in [3.63, 3.8) is 0 Å². The summed E-state index contributed by atoms with van der Waals surface area (Å²) in [6, 6.07) is 73.5. The average molecular weight is 743 g/mol. The van der Waals surface area contributed by atoms with Crippen LogP contribution in [0.25, 0.3) is 76.2 Å². The fourth-order valence-electron chi connectivity index (χ4n) is 8.96. The van der Waals surface area contributed by atoms with Gasteiger partial charge in [-0.2, -0.15) is 0 Å². The maximum absolute atomic E-state index is 6.34. The quantitative estimate of drug-likeness (QED) is 0.159. The predicted octanol–water partition coefficient (Wildman–Crippen LogP) is 15.9. The molecule has 0 saturated carbocycles. The number of rotatable bonds is 6. The molecule has 0 aliphatic rings. The van der Waals surface area contributed by atoms with E-state index >= 15 is 0 Å². The van der Waals surface area contributed by atoms with Crippen LogP contribution in [-0.4, -0.2) is 0 Å². The minimum atomic E-state index is 0.867. The van der Waals surface area contributed by atoms with E-state index in [0.717, 1.165) is 83.4 Å². The average Bonchev–Trinajstić information content (AvgIpc) is 3.85. The summed E-state index contributed by atoms with van der Waals surface area (Å²) in [5, 5.41) is 11.6. The standard InChI is InChI=1S/C54H34N2O2/c1-3-14-37(15-4-1)55(39-25-29-52-47(32-39)44-19-9-11-21-50(44)57-52)41-31-36-24-27-43-42-18-8-7-13-35(42)23-28-46(43)54(36)49(34-41)56(38-16-5-2-6-17-38)40-26-30-53-48(33-40)45-20-10-12-22-51(45)58-53/h1-34H. The zero-order chi connectivity index (χ0) is 38.2. The Bertz CT molecular complexity index is 3530. The van der Waals surface area contributed by atoms with Crippen molar-refractivity contribution in [3.8, 4) is 0 Å². The summed E-state index contributed by atoms with van der Waals surface area (Å²) >= 11 is 0. The molecule has 0 aliphatic carbocycles. The maximum Gasteiger partial charge on any atom is 0.135 e. The van der Waals surface area contributed by atoms with Crippen LogP contribution in [0.2, 0.25) is 0 Å². The number of para-hydroxylation sites is 4. The summed E-state index contributed by atoms with van der Waals surface area (Å²) in [5.41, 5.74) is 9.81. The first kappa shape index (κ1) is 32.4. The summed E-state index contributed by atoms with van der Waals surface area (Å²) < 4.78 is 12.6. The molecule has 12 rings (SSSR count). The van der Waals surface area contributed by atoms with Gasteiger partial charge >= 0.3 is 0 Å². The normalized spacial score (nSPS) is 11.8. The van der Waals surface area contributed by atoms with Crippen molar-refractivity contribution in [2.24, 2.45) is 0 Å². The van der Waals surface area contributed by atoms with Gasteiger partial charge in [0, 0.05) is 55.4 Å². The minimum Gasteiger partial charge on any atom is -0.456 e. The Labute approximate surface area is 334 Å². The van der Waals surface area contributed by atoms with E-state index < -0.39 is 0 Å². The van der Waals surface area contributed by atoms with Gasteiger partial charge in [-0.05, 0) is 112 Å². The Morgan fingerprint density at radius 2 is 0.759 bits per heavy atom. The van der Waals surface area contributed by atoms with E-state index in [1.807, 2.05) is 24.3 Å². The second kappa shape index (κ2) is 12.9. The van der Waals surface area contributed by atoms with Crippen molar-refractivity contribution >= 4 is 110 Å². The molecule has 0 fully saturated rings. The second-order valence-electron chi connectivity index (χ2n) is 14.9. The SMILES string of the molecule is c1ccc(N(c2cc(N(c3ccccc3)c3ccc4oc5ccccc5c4c3)c3c(ccc4c5ccccc5ccc43)c2)c2ccc3oc4ccccc4c3c2)cc1. The van der Waals surface area contributed by atoms with E-state index in [2.05, 4.69) is 192 Å². The van der Waals surface area contributed by atoms with Crippen LogP contribution in [-0.2, 0) is 0 Å². The van der Waals surface area contributed by atoms with Crippen LogP contribution < -0.4 is 9.80 Å². The van der Waals surface area contributed by atoms with Crippen LogP contribution in [0, 0.1) is 0 Å². The Hall–Kier alpha value is -7.82. The molecule has 58 heavy (non-hydrogen) atoms. The third kappa shape index (κ3) is 5.09. The van der Waals surface area contributed by atoms with Crippen molar-refractivity contribution in [1.82, 2.24) is 0 Å². The Balaban J connectivity index is 1.18. The molecule has 0 radical (unpaired) electrons. The molecular weight excluding hydrogens is 709 g/mol. The molecule has 272 valence electrons. The molecule has 2 heterocycles. The molecular formula is C54H34N2O2. The zero-order valence-electron chi connectivity index (χ0n) is 31.3. The molecule has 0 unspecified atom stereocenters. The number of fused-ring (bicyclic) bond motifs is 11. The second-order valence-corrected chi connectivity index (χ2v) is 14.9. The summed E-state index contributed by atoms with van der Waals surface area (Å²) in [6.45, 7) is 0. The number of nitrogens with zero attached hydrogens (tertiary/aromatic N) is 2. The lowest BCUT2D eigenvalue weighted by Gasteiger charge is -2.31. The van der Waals surface area contributed by atoms with Crippen LogP contribution in [0.1, 0.15) is 0 Å². The smallest absolute Gasteiger partial charge is 0.135 e. The monoisotopic (exact) mass is 742 g/mol. The van der Waals surface area contributed by atoms with Crippen LogP contribution in [0.3, 0.4) is 0 Å². The lowest BCUT2D eigenvalue weighted by Crippen LogP contribution is -2.14. The van der Waals surface area contributed by atoms with Crippen molar-refractivity contribution in [2.45, 2.75) is 0 Å².